The predicted molar refractivity (Wildman–Crippen MR) is 53.6 cm³/mol. The number of hydrogen-bond acceptors (Lipinski definition) is 1. The molecule has 0 fully saturated rings. The molecule has 0 radical (unpaired) electrons. The third-order valence-electron chi connectivity index (χ3n) is 2.73. The minimum Gasteiger partial charge on any atom is -0.618 e. The molecule has 1 heterocycles. The van der Waals surface area contributed by atoms with Crippen molar-refractivity contribution in [2.75, 3.05) is 0 Å². The van der Waals surface area contributed by atoms with Crippen LogP contribution < -0.4 is 4.73 Å². The van der Waals surface area contributed by atoms with Gasteiger partial charge in [-0.2, -0.15) is 4.73 Å². The van der Waals surface area contributed by atoms with Crippen molar-refractivity contribution in [3.05, 3.63) is 59.1 Å². The summed E-state index contributed by atoms with van der Waals surface area (Å²) in [6.07, 6.45) is 2.32. The Morgan fingerprint density at radius 3 is 2.71 bits per heavy atom. The third kappa shape index (κ3) is 0.880. The van der Waals surface area contributed by atoms with Crippen molar-refractivity contribution in [2.24, 2.45) is 0 Å². The summed E-state index contributed by atoms with van der Waals surface area (Å²) < 4.78 is 0.968. The molecule has 0 unspecified atom stereocenters. The minimum absolute atomic E-state index is 0.760. The molecule has 68 valence electrons. The highest BCUT2D eigenvalue weighted by molar-refractivity contribution is 5.74. The van der Waals surface area contributed by atoms with E-state index in [4.69, 9.17) is 0 Å². The molecule has 0 saturated carbocycles. The van der Waals surface area contributed by atoms with Gasteiger partial charge in [-0.3, -0.25) is 0 Å². The van der Waals surface area contributed by atoms with E-state index in [-0.39, 0.29) is 0 Å². The number of aromatic nitrogens is 1. The zero-order chi connectivity index (χ0) is 9.54. The Morgan fingerprint density at radius 1 is 1.00 bits per heavy atom. The van der Waals surface area contributed by atoms with Crippen molar-refractivity contribution in [1.82, 2.24) is 0 Å². The fourth-order valence-electron chi connectivity index (χ4n) is 2.06. The van der Waals surface area contributed by atoms with Crippen LogP contribution in [0.5, 0.6) is 0 Å². The fourth-order valence-corrected chi connectivity index (χ4v) is 2.06. The normalized spacial score (nSPS) is 12.3. The van der Waals surface area contributed by atoms with Gasteiger partial charge in [0.2, 0.25) is 5.69 Å². The van der Waals surface area contributed by atoms with Crippen LogP contribution in [-0.4, -0.2) is 0 Å². The van der Waals surface area contributed by atoms with Crippen molar-refractivity contribution < 1.29 is 4.73 Å². The summed E-state index contributed by atoms with van der Waals surface area (Å²) in [7, 11) is 0. The minimum atomic E-state index is 0.760. The van der Waals surface area contributed by atoms with Gasteiger partial charge in [-0.05, 0) is 17.2 Å². The van der Waals surface area contributed by atoms with E-state index >= 15 is 0 Å². The maximum Gasteiger partial charge on any atom is 0.204 e. The summed E-state index contributed by atoms with van der Waals surface area (Å²) >= 11 is 0. The Bertz CT molecular complexity index is 505. The highest BCUT2D eigenvalue weighted by Crippen LogP contribution is 2.33. The smallest absolute Gasteiger partial charge is 0.204 e. The molecule has 1 aromatic carbocycles. The van der Waals surface area contributed by atoms with Gasteiger partial charge >= 0.3 is 0 Å². The van der Waals surface area contributed by atoms with Gasteiger partial charge < -0.3 is 5.21 Å². The number of benzene rings is 1. The maximum absolute atomic E-state index is 11.5. The van der Waals surface area contributed by atoms with E-state index in [1.165, 1.54) is 11.1 Å². The molecule has 2 nitrogen and oxygen atoms in total. The van der Waals surface area contributed by atoms with Crippen LogP contribution in [0.3, 0.4) is 0 Å². The summed E-state index contributed by atoms with van der Waals surface area (Å²) in [5, 5.41) is 11.5. The summed E-state index contributed by atoms with van der Waals surface area (Å²) in [5.74, 6) is 0. The Balaban J connectivity index is 2.33. The van der Waals surface area contributed by atoms with Crippen LogP contribution in [0, 0.1) is 5.21 Å². The average Bonchev–Trinajstić information content (AvgIpc) is 2.59. The van der Waals surface area contributed by atoms with E-state index in [0.717, 1.165) is 22.4 Å². The Hall–Kier alpha value is -1.83. The molecule has 0 spiro atoms. The highest BCUT2D eigenvalue weighted by atomic mass is 16.5. The molecule has 0 bridgehead atoms. The number of hydrogen-bond donors (Lipinski definition) is 0. The summed E-state index contributed by atoms with van der Waals surface area (Å²) in [6, 6.07) is 12.0. The lowest BCUT2D eigenvalue weighted by Gasteiger charge is -2.01. The first-order chi connectivity index (χ1) is 6.86. The van der Waals surface area contributed by atoms with Crippen molar-refractivity contribution in [3.8, 4) is 11.1 Å². The molecule has 2 aromatic rings. The average molecular weight is 183 g/mol. The molecule has 0 amide bonds. The highest BCUT2D eigenvalue weighted by Gasteiger charge is 2.23. The van der Waals surface area contributed by atoms with Gasteiger partial charge in [-0.15, -0.1) is 0 Å². The topological polar surface area (TPSA) is 26.9 Å². The monoisotopic (exact) mass is 183 g/mol. The van der Waals surface area contributed by atoms with Crippen LogP contribution >= 0.6 is 0 Å². The lowest BCUT2D eigenvalue weighted by Crippen LogP contribution is -2.30. The van der Waals surface area contributed by atoms with E-state index in [1.54, 1.807) is 12.3 Å². The van der Waals surface area contributed by atoms with Crippen molar-refractivity contribution >= 4 is 0 Å². The van der Waals surface area contributed by atoms with Crippen LogP contribution in [0.1, 0.15) is 11.3 Å². The molecule has 0 N–H and O–H groups in total. The molecule has 1 aliphatic carbocycles. The van der Waals surface area contributed by atoms with Crippen molar-refractivity contribution in [2.45, 2.75) is 6.42 Å². The van der Waals surface area contributed by atoms with Gasteiger partial charge in [0.15, 0.2) is 6.20 Å². The van der Waals surface area contributed by atoms with Crippen molar-refractivity contribution in [1.29, 1.82) is 0 Å². The number of fused-ring (bicyclic) bond motifs is 3. The molecule has 0 saturated heterocycles. The quantitative estimate of drug-likeness (QED) is 0.386. The standard InChI is InChI=1S/C12H9NO/c14-13-7-3-6-11-10-5-2-1-4-9(10)8-12(11)13/h1-7H,8H2. The van der Waals surface area contributed by atoms with Crippen molar-refractivity contribution in [3.63, 3.8) is 0 Å². The molecule has 2 heteroatoms. The molecule has 3 rings (SSSR count). The summed E-state index contributed by atoms with van der Waals surface area (Å²) in [4.78, 5) is 0. The third-order valence-corrected chi connectivity index (χ3v) is 2.73. The Morgan fingerprint density at radius 2 is 1.79 bits per heavy atom. The lowest BCUT2D eigenvalue weighted by atomic mass is 10.1. The molecular formula is C12H9NO. The Kier molecular flexibility index (Phi) is 1.39. The molecule has 1 aromatic heterocycles. The second kappa shape index (κ2) is 2.58. The number of rotatable bonds is 0. The Labute approximate surface area is 82.0 Å². The fraction of sp³-hybridized carbons (Fsp3) is 0.0833. The van der Waals surface area contributed by atoms with Crippen LogP contribution in [0.25, 0.3) is 11.1 Å². The maximum atomic E-state index is 11.5. The second-order valence-corrected chi connectivity index (χ2v) is 3.53. The molecular weight excluding hydrogens is 174 g/mol. The lowest BCUT2D eigenvalue weighted by molar-refractivity contribution is -0.612. The van der Waals surface area contributed by atoms with Gasteiger partial charge in [0, 0.05) is 6.07 Å². The first-order valence-corrected chi connectivity index (χ1v) is 4.65. The van der Waals surface area contributed by atoms with Crippen LogP contribution in [0.4, 0.5) is 0 Å². The van der Waals surface area contributed by atoms with Gasteiger partial charge in [0.25, 0.3) is 0 Å². The van der Waals surface area contributed by atoms with Crippen LogP contribution in [-0.2, 0) is 6.42 Å². The number of nitrogens with zero attached hydrogens (tertiary/aromatic N) is 1. The van der Waals surface area contributed by atoms with E-state index in [2.05, 4.69) is 12.1 Å². The molecule has 1 aliphatic rings. The molecule has 14 heavy (non-hydrogen) atoms. The van der Waals surface area contributed by atoms with E-state index in [9.17, 15) is 5.21 Å². The van der Waals surface area contributed by atoms with E-state index < -0.39 is 0 Å². The van der Waals surface area contributed by atoms with E-state index in [1.807, 2.05) is 18.2 Å². The van der Waals surface area contributed by atoms with Gasteiger partial charge in [0.05, 0.1) is 12.0 Å². The SMILES string of the molecule is [O-][n+]1cccc2c1Cc1ccccc1-2. The zero-order valence-electron chi connectivity index (χ0n) is 7.60. The van der Waals surface area contributed by atoms with Gasteiger partial charge in [0.1, 0.15) is 0 Å². The molecule has 0 aliphatic heterocycles. The first kappa shape index (κ1) is 7.56. The van der Waals surface area contributed by atoms with Crippen LogP contribution in [0.15, 0.2) is 42.6 Å². The summed E-state index contributed by atoms with van der Waals surface area (Å²) in [5.41, 5.74) is 4.40. The second-order valence-electron chi connectivity index (χ2n) is 3.53. The van der Waals surface area contributed by atoms with E-state index in [0.29, 0.717) is 0 Å². The largest absolute Gasteiger partial charge is 0.618 e. The van der Waals surface area contributed by atoms with Gasteiger partial charge in [-0.25, -0.2) is 0 Å². The van der Waals surface area contributed by atoms with Crippen LogP contribution in [0.2, 0.25) is 0 Å². The molecule has 0 atom stereocenters. The van der Waals surface area contributed by atoms with Gasteiger partial charge in [-0.1, -0.05) is 24.3 Å². The number of pyridine rings is 1. The first-order valence-electron chi connectivity index (χ1n) is 4.65. The summed E-state index contributed by atoms with van der Waals surface area (Å²) in [6.45, 7) is 0. The zero-order valence-corrected chi connectivity index (χ0v) is 7.60. The predicted octanol–water partition coefficient (Wildman–Crippen LogP) is 1.89.